The van der Waals surface area contributed by atoms with E-state index in [9.17, 15) is 4.79 Å². The first-order chi connectivity index (χ1) is 11.1. The zero-order valence-electron chi connectivity index (χ0n) is 13.8. The Morgan fingerprint density at radius 1 is 1.26 bits per heavy atom. The first kappa shape index (κ1) is 15.5. The number of aromatic nitrogens is 2. The molecule has 23 heavy (non-hydrogen) atoms. The zero-order chi connectivity index (χ0) is 16.4. The second-order valence-corrected chi connectivity index (χ2v) is 6.29. The van der Waals surface area contributed by atoms with Crippen molar-refractivity contribution in [3.8, 4) is 0 Å². The number of hydrogen-bond donors (Lipinski definition) is 1. The fourth-order valence-corrected chi connectivity index (χ4v) is 2.67. The normalized spacial score (nSPS) is 15.1. The Morgan fingerprint density at radius 3 is 2.61 bits per heavy atom. The molecule has 1 N–H and O–H groups in total. The van der Waals surface area contributed by atoms with E-state index < -0.39 is 0 Å². The minimum Gasteiger partial charge on any atom is -0.363 e. The molecular formula is C18H22N4O. The van der Waals surface area contributed by atoms with Gasteiger partial charge in [-0.15, -0.1) is 0 Å². The summed E-state index contributed by atoms with van der Waals surface area (Å²) >= 11 is 0. The maximum Gasteiger partial charge on any atom is 0.253 e. The number of aryl methyl sites for hydroxylation is 1. The Bertz CT molecular complexity index is 692. The van der Waals surface area contributed by atoms with Gasteiger partial charge in [-0.25, -0.2) is 4.98 Å². The monoisotopic (exact) mass is 310 g/mol. The summed E-state index contributed by atoms with van der Waals surface area (Å²) in [5, 5.41) is 3.15. The average Bonchev–Trinajstić information content (AvgIpc) is 3.38. The molecule has 1 aliphatic carbocycles. The van der Waals surface area contributed by atoms with Gasteiger partial charge in [0.05, 0.1) is 17.3 Å². The molecule has 1 unspecified atom stereocenters. The third-order valence-electron chi connectivity index (χ3n) is 4.19. The van der Waals surface area contributed by atoms with Crippen molar-refractivity contribution in [3.05, 3.63) is 53.5 Å². The summed E-state index contributed by atoms with van der Waals surface area (Å²) in [6.45, 7) is 2.04. The fourth-order valence-electron chi connectivity index (χ4n) is 2.67. The topological polar surface area (TPSA) is 58.1 Å². The van der Waals surface area contributed by atoms with E-state index in [4.69, 9.17) is 0 Å². The van der Waals surface area contributed by atoms with Gasteiger partial charge < -0.3 is 10.2 Å². The smallest absolute Gasteiger partial charge is 0.253 e. The van der Waals surface area contributed by atoms with Gasteiger partial charge in [0.25, 0.3) is 5.91 Å². The number of amides is 1. The molecule has 1 atom stereocenters. The van der Waals surface area contributed by atoms with Crippen molar-refractivity contribution in [2.75, 3.05) is 19.0 Å². The van der Waals surface area contributed by atoms with E-state index in [0.717, 1.165) is 29.9 Å². The number of carbonyl (C=O) groups excluding carboxylic acids is 1. The lowest BCUT2D eigenvalue weighted by Gasteiger charge is -2.20. The number of rotatable bonds is 5. The van der Waals surface area contributed by atoms with E-state index in [1.54, 1.807) is 12.4 Å². The number of pyridine rings is 2. The van der Waals surface area contributed by atoms with Gasteiger partial charge in [0.15, 0.2) is 0 Å². The van der Waals surface area contributed by atoms with E-state index in [0.29, 0.717) is 11.5 Å². The van der Waals surface area contributed by atoms with Crippen LogP contribution in [0.5, 0.6) is 0 Å². The van der Waals surface area contributed by atoms with E-state index in [-0.39, 0.29) is 11.9 Å². The lowest BCUT2D eigenvalue weighted by molar-refractivity contribution is 0.0930. The molecule has 1 amide bonds. The first-order valence-corrected chi connectivity index (χ1v) is 7.92. The Labute approximate surface area is 136 Å². The summed E-state index contributed by atoms with van der Waals surface area (Å²) in [6, 6.07) is 7.61. The summed E-state index contributed by atoms with van der Waals surface area (Å²) in [6.07, 6.45) is 5.69. The SMILES string of the molecule is Cc1cccnc1C(NC(=O)c1ccc(N(C)C)nc1)C1CC1. The Balaban J connectivity index is 1.78. The van der Waals surface area contributed by atoms with Crippen LogP contribution < -0.4 is 10.2 Å². The third kappa shape index (κ3) is 3.50. The minimum absolute atomic E-state index is 0.0165. The van der Waals surface area contributed by atoms with Gasteiger partial charge in [0.2, 0.25) is 0 Å². The van der Waals surface area contributed by atoms with Crippen molar-refractivity contribution in [1.29, 1.82) is 0 Å². The van der Waals surface area contributed by atoms with Crippen LogP contribution in [-0.2, 0) is 0 Å². The largest absolute Gasteiger partial charge is 0.363 e. The second-order valence-electron chi connectivity index (χ2n) is 6.29. The summed E-state index contributed by atoms with van der Waals surface area (Å²) in [4.78, 5) is 23.3. The van der Waals surface area contributed by atoms with Crippen molar-refractivity contribution in [3.63, 3.8) is 0 Å². The van der Waals surface area contributed by atoms with Crippen LogP contribution in [0.25, 0.3) is 0 Å². The molecule has 5 nitrogen and oxygen atoms in total. The number of nitrogens with zero attached hydrogens (tertiary/aromatic N) is 3. The van der Waals surface area contributed by atoms with Crippen molar-refractivity contribution in [1.82, 2.24) is 15.3 Å². The molecule has 3 rings (SSSR count). The molecular weight excluding hydrogens is 288 g/mol. The molecule has 0 aromatic carbocycles. The zero-order valence-corrected chi connectivity index (χ0v) is 13.8. The predicted octanol–water partition coefficient (Wildman–Crippen LogP) is 2.73. The Morgan fingerprint density at radius 2 is 2.04 bits per heavy atom. The van der Waals surface area contributed by atoms with E-state index in [1.165, 1.54) is 0 Å². The van der Waals surface area contributed by atoms with Gasteiger partial charge in [-0.2, -0.15) is 0 Å². The molecule has 2 aromatic rings. The summed E-state index contributed by atoms with van der Waals surface area (Å²) in [7, 11) is 3.85. The van der Waals surface area contributed by atoms with Crippen LogP contribution in [0.3, 0.4) is 0 Å². The van der Waals surface area contributed by atoms with Crippen LogP contribution in [0.1, 0.15) is 40.5 Å². The predicted molar refractivity (Wildman–Crippen MR) is 90.5 cm³/mol. The quantitative estimate of drug-likeness (QED) is 0.922. The van der Waals surface area contributed by atoms with Crippen LogP contribution in [0, 0.1) is 12.8 Å². The lowest BCUT2D eigenvalue weighted by atomic mass is 10.0. The second kappa shape index (κ2) is 6.36. The molecule has 0 saturated heterocycles. The molecule has 0 radical (unpaired) electrons. The van der Waals surface area contributed by atoms with Crippen molar-refractivity contribution >= 4 is 11.7 Å². The van der Waals surface area contributed by atoms with Gasteiger partial charge in [-0.05, 0) is 49.4 Å². The number of anilines is 1. The molecule has 1 aliphatic rings. The van der Waals surface area contributed by atoms with Crippen molar-refractivity contribution in [2.45, 2.75) is 25.8 Å². The highest BCUT2D eigenvalue weighted by molar-refractivity contribution is 5.94. The molecule has 0 aliphatic heterocycles. The lowest BCUT2D eigenvalue weighted by Crippen LogP contribution is -2.31. The van der Waals surface area contributed by atoms with Crippen LogP contribution in [0.2, 0.25) is 0 Å². The van der Waals surface area contributed by atoms with Crippen molar-refractivity contribution < 1.29 is 4.79 Å². The average molecular weight is 310 g/mol. The molecule has 2 aromatic heterocycles. The van der Waals surface area contributed by atoms with Crippen LogP contribution >= 0.6 is 0 Å². The van der Waals surface area contributed by atoms with E-state index in [2.05, 4.69) is 15.3 Å². The van der Waals surface area contributed by atoms with E-state index >= 15 is 0 Å². The van der Waals surface area contributed by atoms with Crippen molar-refractivity contribution in [2.24, 2.45) is 5.92 Å². The first-order valence-electron chi connectivity index (χ1n) is 7.92. The molecule has 5 heteroatoms. The number of hydrogen-bond acceptors (Lipinski definition) is 4. The van der Waals surface area contributed by atoms with Gasteiger partial charge >= 0.3 is 0 Å². The van der Waals surface area contributed by atoms with E-state index in [1.807, 2.05) is 50.2 Å². The summed E-state index contributed by atoms with van der Waals surface area (Å²) < 4.78 is 0. The summed E-state index contributed by atoms with van der Waals surface area (Å²) in [5.41, 5.74) is 2.67. The van der Waals surface area contributed by atoms with Gasteiger partial charge in [-0.1, -0.05) is 6.07 Å². The number of carbonyl (C=O) groups is 1. The maximum absolute atomic E-state index is 12.6. The molecule has 120 valence electrons. The van der Waals surface area contributed by atoms with Gasteiger partial charge in [-0.3, -0.25) is 9.78 Å². The van der Waals surface area contributed by atoms with Crippen LogP contribution in [0.4, 0.5) is 5.82 Å². The highest BCUT2D eigenvalue weighted by atomic mass is 16.1. The molecule has 1 saturated carbocycles. The fraction of sp³-hybridized carbons (Fsp3) is 0.389. The van der Waals surface area contributed by atoms with Gasteiger partial charge in [0.1, 0.15) is 5.82 Å². The van der Waals surface area contributed by atoms with Gasteiger partial charge in [0, 0.05) is 26.5 Å². The minimum atomic E-state index is -0.0928. The standard InChI is InChI=1S/C18H22N4O/c1-12-5-4-10-19-16(12)17(13-6-7-13)21-18(23)14-8-9-15(20-11-14)22(2)3/h4-5,8-11,13,17H,6-7H2,1-3H3,(H,21,23). The number of nitrogens with one attached hydrogen (secondary N) is 1. The van der Waals surface area contributed by atoms with Crippen LogP contribution in [-0.4, -0.2) is 30.0 Å². The Hall–Kier alpha value is -2.43. The highest BCUT2D eigenvalue weighted by Gasteiger charge is 2.35. The highest BCUT2D eigenvalue weighted by Crippen LogP contribution is 2.41. The Kier molecular flexibility index (Phi) is 4.28. The maximum atomic E-state index is 12.6. The van der Waals surface area contributed by atoms with Crippen LogP contribution in [0.15, 0.2) is 36.7 Å². The molecule has 0 bridgehead atoms. The third-order valence-corrected chi connectivity index (χ3v) is 4.19. The molecule has 0 spiro atoms. The molecule has 2 heterocycles. The summed E-state index contributed by atoms with van der Waals surface area (Å²) in [5.74, 6) is 1.23. The molecule has 1 fully saturated rings.